The molecule has 1 aliphatic rings. The summed E-state index contributed by atoms with van der Waals surface area (Å²) in [5, 5.41) is 2.81. The van der Waals surface area contributed by atoms with Crippen LogP contribution in [0.5, 0.6) is 5.75 Å². The van der Waals surface area contributed by atoms with Crippen LogP contribution >= 0.6 is 0 Å². The zero-order valence-corrected chi connectivity index (χ0v) is 12.7. The Morgan fingerprint density at radius 2 is 2.14 bits per heavy atom. The summed E-state index contributed by atoms with van der Waals surface area (Å²) in [5.41, 5.74) is 0.700. The molecule has 0 spiro atoms. The van der Waals surface area contributed by atoms with Gasteiger partial charge in [-0.3, -0.25) is 0 Å². The van der Waals surface area contributed by atoms with E-state index in [2.05, 4.69) is 5.32 Å². The van der Waals surface area contributed by atoms with Crippen molar-refractivity contribution in [2.75, 3.05) is 26.7 Å². The summed E-state index contributed by atoms with van der Waals surface area (Å²) < 4.78 is 19.0. The van der Waals surface area contributed by atoms with Crippen LogP contribution in [0.3, 0.4) is 0 Å². The maximum absolute atomic E-state index is 13.8. The Bertz CT molecular complexity index is 485. The molecular weight excluding hydrogens is 271 g/mol. The minimum atomic E-state index is -0.179. The summed E-state index contributed by atoms with van der Waals surface area (Å²) in [7, 11) is 1.59. The largest absolute Gasteiger partial charge is 0.497 e. The number of ether oxygens (including phenoxy) is 1. The van der Waals surface area contributed by atoms with E-state index in [4.69, 9.17) is 4.74 Å². The van der Waals surface area contributed by atoms with Crippen molar-refractivity contribution in [1.29, 1.82) is 0 Å². The second-order valence-corrected chi connectivity index (χ2v) is 5.43. The van der Waals surface area contributed by atoms with E-state index >= 15 is 0 Å². The molecule has 2 rings (SSSR count). The molecule has 1 heterocycles. The molecule has 1 N–H and O–H groups in total. The van der Waals surface area contributed by atoms with Crippen LogP contribution in [0.2, 0.25) is 0 Å². The molecule has 0 atom stereocenters. The van der Waals surface area contributed by atoms with Crippen molar-refractivity contribution >= 4 is 6.03 Å². The first kappa shape index (κ1) is 15.6. The first-order chi connectivity index (χ1) is 10.1. The summed E-state index contributed by atoms with van der Waals surface area (Å²) in [6.45, 7) is 4.04. The van der Waals surface area contributed by atoms with Crippen molar-refractivity contribution in [2.24, 2.45) is 5.92 Å². The summed E-state index contributed by atoms with van der Waals surface area (Å²) >= 11 is 0. The number of urea groups is 1. The van der Waals surface area contributed by atoms with E-state index in [0.717, 1.165) is 25.9 Å². The molecule has 1 fully saturated rings. The number of amides is 2. The van der Waals surface area contributed by atoms with E-state index in [0.29, 0.717) is 30.2 Å². The summed E-state index contributed by atoms with van der Waals surface area (Å²) in [5.74, 6) is 0.922. The fraction of sp³-hybridized carbons (Fsp3) is 0.562. The van der Waals surface area contributed by atoms with Crippen molar-refractivity contribution in [3.63, 3.8) is 0 Å². The van der Waals surface area contributed by atoms with Gasteiger partial charge < -0.3 is 15.0 Å². The molecule has 0 bridgehead atoms. The monoisotopic (exact) mass is 294 g/mol. The molecule has 21 heavy (non-hydrogen) atoms. The van der Waals surface area contributed by atoms with Gasteiger partial charge in [0.15, 0.2) is 0 Å². The molecule has 0 aromatic heterocycles. The predicted molar refractivity (Wildman–Crippen MR) is 80.0 cm³/mol. The molecule has 0 saturated carbocycles. The predicted octanol–water partition coefficient (Wildman–Crippen LogP) is 2.82. The lowest BCUT2D eigenvalue weighted by Gasteiger charge is -2.32. The SMILES string of the molecule is CCNC(=O)N1CCC(Cc2cc(OC)ccc2F)CC1. The van der Waals surface area contributed by atoms with Crippen LogP contribution < -0.4 is 10.1 Å². The number of nitrogens with zero attached hydrogens (tertiary/aromatic N) is 1. The minimum absolute atomic E-state index is 0.00325. The highest BCUT2D eigenvalue weighted by molar-refractivity contribution is 5.74. The van der Waals surface area contributed by atoms with E-state index in [1.54, 1.807) is 19.2 Å². The van der Waals surface area contributed by atoms with Gasteiger partial charge in [-0.2, -0.15) is 0 Å². The molecule has 2 amide bonds. The number of carbonyl (C=O) groups is 1. The Morgan fingerprint density at radius 1 is 1.43 bits per heavy atom. The molecule has 1 saturated heterocycles. The van der Waals surface area contributed by atoms with Gasteiger partial charge in [0.25, 0.3) is 0 Å². The van der Waals surface area contributed by atoms with Gasteiger partial charge in [-0.15, -0.1) is 0 Å². The van der Waals surface area contributed by atoms with E-state index in [1.807, 2.05) is 11.8 Å². The number of carbonyl (C=O) groups excluding carboxylic acids is 1. The van der Waals surface area contributed by atoms with Crippen molar-refractivity contribution in [1.82, 2.24) is 10.2 Å². The molecule has 1 aromatic rings. The van der Waals surface area contributed by atoms with Gasteiger partial charge in [0.1, 0.15) is 11.6 Å². The second-order valence-electron chi connectivity index (χ2n) is 5.43. The number of hydrogen-bond acceptors (Lipinski definition) is 2. The molecule has 0 unspecified atom stereocenters. The van der Waals surface area contributed by atoms with Gasteiger partial charge in [0, 0.05) is 19.6 Å². The summed E-state index contributed by atoms with van der Waals surface area (Å²) in [6.07, 6.45) is 2.52. The highest BCUT2D eigenvalue weighted by atomic mass is 19.1. The third-order valence-electron chi connectivity index (χ3n) is 3.99. The number of hydrogen-bond donors (Lipinski definition) is 1. The normalized spacial score (nSPS) is 15.9. The highest BCUT2D eigenvalue weighted by Gasteiger charge is 2.23. The molecule has 1 aromatic carbocycles. The van der Waals surface area contributed by atoms with Crippen LogP contribution in [0, 0.1) is 11.7 Å². The lowest BCUT2D eigenvalue weighted by atomic mass is 9.90. The highest BCUT2D eigenvalue weighted by Crippen LogP contribution is 2.25. The minimum Gasteiger partial charge on any atom is -0.497 e. The Morgan fingerprint density at radius 3 is 2.76 bits per heavy atom. The average Bonchev–Trinajstić information content (AvgIpc) is 2.50. The van der Waals surface area contributed by atoms with E-state index in [9.17, 15) is 9.18 Å². The number of benzene rings is 1. The van der Waals surface area contributed by atoms with Crippen molar-refractivity contribution in [3.8, 4) is 5.75 Å². The Hall–Kier alpha value is -1.78. The number of rotatable bonds is 4. The summed E-state index contributed by atoms with van der Waals surface area (Å²) in [4.78, 5) is 13.6. The van der Waals surface area contributed by atoms with Crippen molar-refractivity contribution < 1.29 is 13.9 Å². The third kappa shape index (κ3) is 4.09. The van der Waals surface area contributed by atoms with Gasteiger partial charge >= 0.3 is 6.03 Å². The molecule has 1 aliphatic heterocycles. The molecule has 4 nitrogen and oxygen atoms in total. The number of nitrogens with one attached hydrogen (secondary N) is 1. The van der Waals surface area contributed by atoms with Crippen molar-refractivity contribution in [3.05, 3.63) is 29.6 Å². The maximum atomic E-state index is 13.8. The summed E-state index contributed by atoms with van der Waals surface area (Å²) in [6, 6.07) is 4.86. The Balaban J connectivity index is 1.90. The topological polar surface area (TPSA) is 41.6 Å². The lowest BCUT2D eigenvalue weighted by molar-refractivity contribution is 0.170. The van der Waals surface area contributed by atoms with Crippen LogP contribution in [0.4, 0.5) is 9.18 Å². The van der Waals surface area contributed by atoms with Gasteiger partial charge in [0.05, 0.1) is 7.11 Å². The first-order valence-electron chi connectivity index (χ1n) is 7.49. The number of halogens is 1. The van der Waals surface area contributed by atoms with Crippen LogP contribution in [0.1, 0.15) is 25.3 Å². The molecule has 5 heteroatoms. The van der Waals surface area contributed by atoms with Gasteiger partial charge in [0.2, 0.25) is 0 Å². The fourth-order valence-electron chi connectivity index (χ4n) is 2.75. The second kappa shape index (κ2) is 7.29. The van der Waals surface area contributed by atoms with Crippen LogP contribution in [-0.4, -0.2) is 37.7 Å². The number of piperidine rings is 1. The Kier molecular flexibility index (Phi) is 5.42. The van der Waals surface area contributed by atoms with E-state index < -0.39 is 0 Å². The molecule has 0 radical (unpaired) electrons. The zero-order chi connectivity index (χ0) is 15.2. The molecule has 116 valence electrons. The standard InChI is InChI=1S/C16H23FN2O2/c1-3-18-16(20)19-8-6-12(7-9-19)10-13-11-14(21-2)4-5-15(13)17/h4-5,11-12H,3,6-10H2,1-2H3,(H,18,20). The quantitative estimate of drug-likeness (QED) is 0.927. The van der Waals surface area contributed by atoms with Crippen molar-refractivity contribution in [2.45, 2.75) is 26.2 Å². The first-order valence-corrected chi connectivity index (χ1v) is 7.49. The lowest BCUT2D eigenvalue weighted by Crippen LogP contribution is -2.44. The zero-order valence-electron chi connectivity index (χ0n) is 12.7. The van der Waals surface area contributed by atoms with Crippen LogP contribution in [0.15, 0.2) is 18.2 Å². The van der Waals surface area contributed by atoms with Crippen LogP contribution in [-0.2, 0) is 6.42 Å². The Labute approximate surface area is 125 Å². The van der Waals surface area contributed by atoms with E-state index in [1.165, 1.54) is 6.07 Å². The van der Waals surface area contributed by atoms with Gasteiger partial charge in [-0.1, -0.05) is 0 Å². The molecular formula is C16H23FN2O2. The average molecular weight is 294 g/mol. The smallest absolute Gasteiger partial charge is 0.317 e. The van der Waals surface area contributed by atoms with Crippen LogP contribution in [0.25, 0.3) is 0 Å². The number of methoxy groups -OCH3 is 1. The van der Waals surface area contributed by atoms with E-state index in [-0.39, 0.29) is 11.8 Å². The third-order valence-corrected chi connectivity index (χ3v) is 3.99. The molecule has 0 aliphatic carbocycles. The van der Waals surface area contributed by atoms with Gasteiger partial charge in [-0.25, -0.2) is 9.18 Å². The fourth-order valence-corrected chi connectivity index (χ4v) is 2.75. The van der Waals surface area contributed by atoms with Gasteiger partial charge in [-0.05, 0) is 55.9 Å². The maximum Gasteiger partial charge on any atom is 0.317 e. The number of likely N-dealkylation sites (tertiary alicyclic amines) is 1.